The molecule has 1 saturated heterocycles. The first-order valence-electron chi connectivity index (χ1n) is 4.10. The molecule has 3 heteroatoms. The van der Waals surface area contributed by atoms with Crippen molar-refractivity contribution in [2.75, 3.05) is 19.6 Å². The summed E-state index contributed by atoms with van der Waals surface area (Å²) in [7, 11) is 0. The summed E-state index contributed by atoms with van der Waals surface area (Å²) in [6.07, 6.45) is 0.660. The van der Waals surface area contributed by atoms with Crippen molar-refractivity contribution in [3.63, 3.8) is 0 Å². The summed E-state index contributed by atoms with van der Waals surface area (Å²) < 4.78 is 0. The second-order valence-electron chi connectivity index (χ2n) is 3.99. The molecule has 2 N–H and O–H groups in total. The molecule has 66 valence electrons. The number of aliphatic hydroxyl groups excluding tert-OH is 1. The van der Waals surface area contributed by atoms with Crippen molar-refractivity contribution in [3.8, 4) is 0 Å². The monoisotopic (exact) mass is 159 g/mol. The molecule has 0 amide bonds. The van der Waals surface area contributed by atoms with E-state index in [2.05, 4.69) is 4.90 Å². The van der Waals surface area contributed by atoms with E-state index >= 15 is 0 Å². The normalized spacial score (nSPS) is 27.8. The number of likely N-dealkylation sites (tertiary alicyclic amines) is 1. The van der Waals surface area contributed by atoms with Crippen LogP contribution < -0.4 is 0 Å². The van der Waals surface area contributed by atoms with E-state index in [0.717, 1.165) is 13.0 Å². The van der Waals surface area contributed by atoms with Crippen LogP contribution in [0.2, 0.25) is 0 Å². The fourth-order valence-corrected chi connectivity index (χ4v) is 1.50. The molecule has 0 unspecified atom stereocenters. The molecule has 0 aromatic rings. The van der Waals surface area contributed by atoms with E-state index in [1.54, 1.807) is 13.8 Å². The molecule has 0 spiro atoms. The molecule has 0 aliphatic carbocycles. The molecule has 1 aliphatic heterocycles. The van der Waals surface area contributed by atoms with Crippen LogP contribution in [-0.2, 0) is 0 Å². The molecule has 1 heterocycles. The largest absolute Gasteiger partial charge is 0.392 e. The van der Waals surface area contributed by atoms with E-state index in [4.69, 9.17) is 0 Å². The Kier molecular flexibility index (Phi) is 2.52. The van der Waals surface area contributed by atoms with Crippen molar-refractivity contribution in [1.29, 1.82) is 0 Å². The fraction of sp³-hybridized carbons (Fsp3) is 1.00. The third-order valence-electron chi connectivity index (χ3n) is 1.86. The Morgan fingerprint density at radius 1 is 1.55 bits per heavy atom. The van der Waals surface area contributed by atoms with Crippen molar-refractivity contribution in [2.45, 2.75) is 32.0 Å². The first-order chi connectivity index (χ1) is 4.97. The zero-order chi connectivity index (χ0) is 8.48. The molecule has 1 rings (SSSR count). The van der Waals surface area contributed by atoms with Crippen LogP contribution in [-0.4, -0.2) is 46.5 Å². The highest BCUT2D eigenvalue weighted by atomic mass is 16.3. The predicted molar refractivity (Wildman–Crippen MR) is 43.4 cm³/mol. The van der Waals surface area contributed by atoms with Gasteiger partial charge < -0.3 is 10.2 Å². The number of nitrogens with zero attached hydrogens (tertiary/aromatic N) is 1. The number of β-amino-alcohol motifs (C(OH)–C–C–N with tert-alkyl or cyclic N) is 2. The smallest absolute Gasteiger partial charge is 0.0718 e. The highest BCUT2D eigenvalue weighted by molar-refractivity contribution is 4.79. The number of rotatable bonds is 2. The molecule has 3 nitrogen and oxygen atoms in total. The van der Waals surface area contributed by atoms with Gasteiger partial charge in [-0.3, -0.25) is 4.90 Å². The van der Waals surface area contributed by atoms with Crippen molar-refractivity contribution in [1.82, 2.24) is 4.90 Å². The van der Waals surface area contributed by atoms with Crippen LogP contribution in [0, 0.1) is 0 Å². The van der Waals surface area contributed by atoms with Gasteiger partial charge in [0.05, 0.1) is 11.7 Å². The Labute approximate surface area is 67.6 Å². The van der Waals surface area contributed by atoms with Crippen molar-refractivity contribution in [3.05, 3.63) is 0 Å². The van der Waals surface area contributed by atoms with E-state index in [1.807, 2.05) is 0 Å². The molecular formula is C8H17NO2. The third-order valence-corrected chi connectivity index (χ3v) is 1.86. The van der Waals surface area contributed by atoms with Gasteiger partial charge >= 0.3 is 0 Å². The SMILES string of the molecule is CC(C)(O)CN1CC[C@@H](O)C1. The molecule has 1 aliphatic rings. The summed E-state index contributed by atoms with van der Waals surface area (Å²) in [4.78, 5) is 2.09. The summed E-state index contributed by atoms with van der Waals surface area (Å²) in [5.41, 5.74) is -0.635. The minimum absolute atomic E-state index is 0.183. The molecule has 1 atom stereocenters. The molecular weight excluding hydrogens is 142 g/mol. The Bertz CT molecular complexity index is 131. The standard InChI is InChI=1S/C8H17NO2/c1-8(2,11)6-9-4-3-7(10)5-9/h7,10-11H,3-6H2,1-2H3/t7-/m1/s1. The van der Waals surface area contributed by atoms with Gasteiger partial charge in [-0.05, 0) is 20.3 Å². The van der Waals surface area contributed by atoms with Crippen molar-refractivity contribution < 1.29 is 10.2 Å². The average molecular weight is 159 g/mol. The van der Waals surface area contributed by atoms with Crippen LogP contribution in [0.5, 0.6) is 0 Å². The lowest BCUT2D eigenvalue weighted by Crippen LogP contribution is -2.37. The van der Waals surface area contributed by atoms with E-state index in [0.29, 0.717) is 13.1 Å². The lowest BCUT2D eigenvalue weighted by Gasteiger charge is -2.24. The summed E-state index contributed by atoms with van der Waals surface area (Å²) in [6, 6.07) is 0. The molecule has 0 aromatic heterocycles. The second kappa shape index (κ2) is 3.09. The van der Waals surface area contributed by atoms with Crippen LogP contribution >= 0.6 is 0 Å². The minimum Gasteiger partial charge on any atom is -0.392 e. The Morgan fingerprint density at radius 3 is 2.55 bits per heavy atom. The maximum absolute atomic E-state index is 9.44. The number of aliphatic hydroxyl groups is 2. The van der Waals surface area contributed by atoms with Crippen LogP contribution in [0.4, 0.5) is 0 Å². The van der Waals surface area contributed by atoms with Crippen molar-refractivity contribution >= 4 is 0 Å². The van der Waals surface area contributed by atoms with Crippen LogP contribution in [0.15, 0.2) is 0 Å². The summed E-state index contributed by atoms with van der Waals surface area (Å²) in [5.74, 6) is 0. The zero-order valence-corrected chi connectivity index (χ0v) is 7.25. The number of hydrogen-bond acceptors (Lipinski definition) is 3. The van der Waals surface area contributed by atoms with Gasteiger partial charge in [0.2, 0.25) is 0 Å². The lowest BCUT2D eigenvalue weighted by atomic mass is 10.1. The van der Waals surface area contributed by atoms with Gasteiger partial charge in [-0.25, -0.2) is 0 Å². The maximum atomic E-state index is 9.44. The van der Waals surface area contributed by atoms with E-state index in [9.17, 15) is 10.2 Å². The first kappa shape index (κ1) is 8.97. The molecule has 11 heavy (non-hydrogen) atoms. The highest BCUT2D eigenvalue weighted by Crippen LogP contribution is 2.12. The van der Waals surface area contributed by atoms with Gasteiger partial charge in [-0.1, -0.05) is 0 Å². The predicted octanol–water partition coefficient (Wildman–Crippen LogP) is -0.176. The van der Waals surface area contributed by atoms with Crippen molar-refractivity contribution in [2.24, 2.45) is 0 Å². The van der Waals surface area contributed by atoms with Crippen LogP contribution in [0.3, 0.4) is 0 Å². The Balaban J connectivity index is 2.29. The van der Waals surface area contributed by atoms with Gasteiger partial charge in [0.15, 0.2) is 0 Å². The van der Waals surface area contributed by atoms with Gasteiger partial charge in [-0.2, -0.15) is 0 Å². The topological polar surface area (TPSA) is 43.7 Å². The molecule has 1 fully saturated rings. The quantitative estimate of drug-likeness (QED) is 0.587. The number of hydrogen-bond donors (Lipinski definition) is 2. The summed E-state index contributed by atoms with van der Waals surface area (Å²) in [5, 5.41) is 18.6. The van der Waals surface area contributed by atoms with Crippen LogP contribution in [0.25, 0.3) is 0 Å². The van der Waals surface area contributed by atoms with E-state index in [1.165, 1.54) is 0 Å². The van der Waals surface area contributed by atoms with Gasteiger partial charge in [0, 0.05) is 19.6 Å². The Morgan fingerprint density at radius 2 is 2.18 bits per heavy atom. The molecule has 0 aromatic carbocycles. The van der Waals surface area contributed by atoms with Gasteiger partial charge in [-0.15, -0.1) is 0 Å². The average Bonchev–Trinajstić information content (AvgIpc) is 2.10. The lowest BCUT2D eigenvalue weighted by molar-refractivity contribution is 0.0398. The fourth-order valence-electron chi connectivity index (χ4n) is 1.50. The summed E-state index contributed by atoms with van der Waals surface area (Å²) in [6.45, 7) is 5.86. The Hall–Kier alpha value is -0.120. The second-order valence-corrected chi connectivity index (χ2v) is 3.99. The van der Waals surface area contributed by atoms with E-state index in [-0.39, 0.29) is 6.10 Å². The van der Waals surface area contributed by atoms with Gasteiger partial charge in [0.1, 0.15) is 0 Å². The molecule has 0 saturated carbocycles. The molecule has 0 radical (unpaired) electrons. The zero-order valence-electron chi connectivity index (χ0n) is 7.25. The summed E-state index contributed by atoms with van der Waals surface area (Å²) >= 11 is 0. The van der Waals surface area contributed by atoms with Crippen LogP contribution in [0.1, 0.15) is 20.3 Å². The first-order valence-corrected chi connectivity index (χ1v) is 4.10. The maximum Gasteiger partial charge on any atom is 0.0718 e. The van der Waals surface area contributed by atoms with E-state index < -0.39 is 5.60 Å². The third kappa shape index (κ3) is 3.18. The highest BCUT2D eigenvalue weighted by Gasteiger charge is 2.24. The molecule has 0 bridgehead atoms. The van der Waals surface area contributed by atoms with Gasteiger partial charge in [0.25, 0.3) is 0 Å². The minimum atomic E-state index is -0.635.